The summed E-state index contributed by atoms with van der Waals surface area (Å²) in [6, 6.07) is 48.1. The maximum absolute atomic E-state index is 2.28. The molecule has 46 heavy (non-hydrogen) atoms. The fourth-order valence-corrected chi connectivity index (χ4v) is 11.3. The molecule has 0 N–H and O–H groups in total. The molecule has 0 nitrogen and oxygen atoms in total. The third kappa shape index (κ3) is 6.65. The van der Waals surface area contributed by atoms with E-state index in [-0.39, 0.29) is 0 Å². The predicted molar refractivity (Wildman–Crippen MR) is 212 cm³/mol. The van der Waals surface area contributed by atoms with Crippen LogP contribution in [0.3, 0.4) is 0 Å². The average Bonchev–Trinajstić information content (AvgIpc) is 3.94. The third-order valence-corrected chi connectivity index (χ3v) is 14.8. The highest BCUT2D eigenvalue weighted by atomic mass is 32.1. The highest BCUT2D eigenvalue weighted by Crippen LogP contribution is 2.46. The SMILES string of the molecule is C(=C\c1ccc(-c2ccc(-c3ccc(-c4ccc(-c5ccc(-c6ccc(/C=C/c7ccccc7)s6)s5)s4)s3)s2)s1)/c1ccccc1. The van der Waals surface area contributed by atoms with Crippen LogP contribution in [0.25, 0.3) is 73.1 Å². The van der Waals surface area contributed by atoms with E-state index in [4.69, 9.17) is 0 Å². The summed E-state index contributed by atoms with van der Waals surface area (Å²) in [4.78, 5) is 15.8. The van der Waals surface area contributed by atoms with Crippen molar-refractivity contribution in [3.63, 3.8) is 0 Å². The Labute approximate surface area is 293 Å². The van der Waals surface area contributed by atoms with Gasteiger partial charge in [0.2, 0.25) is 0 Å². The third-order valence-electron chi connectivity index (χ3n) is 7.37. The molecule has 6 heteroatoms. The molecule has 0 bridgehead atoms. The van der Waals surface area contributed by atoms with E-state index in [9.17, 15) is 0 Å². The van der Waals surface area contributed by atoms with Gasteiger partial charge in [0, 0.05) is 58.5 Å². The molecular weight excluding hydrogens is 673 g/mol. The fourth-order valence-electron chi connectivity index (χ4n) is 5.05. The second-order valence-corrected chi connectivity index (χ2v) is 17.1. The lowest BCUT2D eigenvalue weighted by Crippen LogP contribution is -1.67. The lowest BCUT2D eigenvalue weighted by Gasteiger charge is -1.93. The van der Waals surface area contributed by atoms with Crippen LogP contribution in [0.2, 0.25) is 0 Å². The van der Waals surface area contributed by atoms with Gasteiger partial charge in [0.15, 0.2) is 0 Å². The first-order chi connectivity index (χ1) is 22.7. The van der Waals surface area contributed by atoms with E-state index >= 15 is 0 Å². The molecule has 0 amide bonds. The van der Waals surface area contributed by atoms with Gasteiger partial charge in [-0.05, 0) is 96.1 Å². The Bertz CT molecular complexity index is 2100. The lowest BCUT2D eigenvalue weighted by molar-refractivity contribution is 1.67. The largest absolute Gasteiger partial charge is 0.135 e. The molecule has 0 aliphatic rings. The van der Waals surface area contributed by atoms with E-state index in [1.165, 1.54) is 69.7 Å². The molecule has 0 spiro atoms. The van der Waals surface area contributed by atoms with Crippen molar-refractivity contribution in [1.82, 2.24) is 0 Å². The minimum Gasteiger partial charge on any atom is -0.135 e. The van der Waals surface area contributed by atoms with E-state index in [0.717, 1.165) is 0 Å². The van der Waals surface area contributed by atoms with E-state index in [1.54, 1.807) is 0 Å². The second kappa shape index (κ2) is 13.5. The number of thiophene rings is 6. The van der Waals surface area contributed by atoms with Crippen molar-refractivity contribution < 1.29 is 0 Å². The van der Waals surface area contributed by atoms with Crippen LogP contribution in [-0.4, -0.2) is 0 Å². The summed E-state index contributed by atoms with van der Waals surface area (Å²) in [7, 11) is 0. The van der Waals surface area contributed by atoms with Gasteiger partial charge in [0.05, 0.1) is 0 Å². The maximum Gasteiger partial charge on any atom is 0.0449 e. The standard InChI is InChI=1S/C40H26S6/c1-3-7-27(8-4-1)11-13-29-15-17-31(41-29)33-19-21-35(43-33)37-23-25-39(45-37)40-26-24-38(46-40)36-22-20-34(44-36)32-18-16-30(42-32)14-12-28-9-5-2-6-10-28/h1-26H/b13-11+,14-12+. The lowest BCUT2D eigenvalue weighted by atomic mass is 10.2. The monoisotopic (exact) mass is 698 g/mol. The molecule has 0 saturated heterocycles. The van der Waals surface area contributed by atoms with Gasteiger partial charge >= 0.3 is 0 Å². The van der Waals surface area contributed by atoms with Gasteiger partial charge in [0.25, 0.3) is 0 Å². The second-order valence-electron chi connectivity index (χ2n) is 10.5. The van der Waals surface area contributed by atoms with Crippen molar-refractivity contribution in [1.29, 1.82) is 0 Å². The van der Waals surface area contributed by atoms with Crippen molar-refractivity contribution in [3.05, 3.63) is 154 Å². The summed E-state index contributed by atoms with van der Waals surface area (Å²) in [5.41, 5.74) is 2.45. The van der Waals surface area contributed by atoms with Crippen LogP contribution in [0.4, 0.5) is 0 Å². The zero-order valence-electron chi connectivity index (χ0n) is 24.5. The molecule has 8 rings (SSSR count). The number of hydrogen-bond donors (Lipinski definition) is 0. The molecule has 8 aromatic rings. The van der Waals surface area contributed by atoms with Gasteiger partial charge in [-0.15, -0.1) is 68.0 Å². The summed E-state index contributed by atoms with van der Waals surface area (Å²) < 4.78 is 0. The van der Waals surface area contributed by atoms with Gasteiger partial charge in [-0.25, -0.2) is 0 Å². The summed E-state index contributed by atoms with van der Waals surface area (Å²) in [5.74, 6) is 0. The highest BCUT2D eigenvalue weighted by Gasteiger charge is 2.13. The van der Waals surface area contributed by atoms with E-state index in [2.05, 4.69) is 158 Å². The molecule has 0 radical (unpaired) electrons. The molecular formula is C40H26S6. The molecule has 2 aromatic carbocycles. The summed E-state index contributed by atoms with van der Waals surface area (Å²) >= 11 is 11.2. The molecule has 222 valence electrons. The Hall–Kier alpha value is -3.88. The Morgan fingerprint density at radius 3 is 0.804 bits per heavy atom. The van der Waals surface area contributed by atoms with Crippen molar-refractivity contribution in [2.75, 3.05) is 0 Å². The normalized spacial score (nSPS) is 11.7. The first-order valence-corrected chi connectivity index (χ1v) is 19.7. The van der Waals surface area contributed by atoms with E-state index in [0.29, 0.717) is 0 Å². The predicted octanol–water partition coefficient (Wildman–Crippen LogP) is 14.7. The zero-order chi connectivity index (χ0) is 30.7. The van der Waals surface area contributed by atoms with Gasteiger partial charge < -0.3 is 0 Å². The maximum atomic E-state index is 2.28. The van der Waals surface area contributed by atoms with Crippen LogP contribution in [0.5, 0.6) is 0 Å². The highest BCUT2D eigenvalue weighted by molar-refractivity contribution is 7.30. The van der Waals surface area contributed by atoms with Gasteiger partial charge in [0.1, 0.15) is 0 Å². The topological polar surface area (TPSA) is 0 Å². The van der Waals surface area contributed by atoms with Crippen molar-refractivity contribution in [2.24, 2.45) is 0 Å². The van der Waals surface area contributed by atoms with E-state index in [1.807, 2.05) is 68.0 Å². The molecule has 0 aliphatic heterocycles. The number of hydrogen-bond acceptors (Lipinski definition) is 6. The van der Waals surface area contributed by atoms with Gasteiger partial charge in [-0.2, -0.15) is 0 Å². The Balaban J connectivity index is 0.941. The van der Waals surface area contributed by atoms with Crippen LogP contribution < -0.4 is 0 Å². The van der Waals surface area contributed by atoms with Crippen LogP contribution in [0, 0.1) is 0 Å². The molecule has 0 saturated carbocycles. The Kier molecular flexibility index (Phi) is 8.64. The fraction of sp³-hybridized carbons (Fsp3) is 0. The average molecular weight is 699 g/mol. The van der Waals surface area contributed by atoms with Crippen molar-refractivity contribution >= 4 is 92.3 Å². The molecule has 0 atom stereocenters. The zero-order valence-corrected chi connectivity index (χ0v) is 29.4. The van der Waals surface area contributed by atoms with Crippen molar-refractivity contribution in [3.8, 4) is 48.8 Å². The quantitative estimate of drug-likeness (QED) is 0.141. The molecule has 6 heterocycles. The summed E-state index contributed by atoms with van der Waals surface area (Å²) in [5, 5.41) is 0. The van der Waals surface area contributed by atoms with Crippen LogP contribution >= 0.6 is 68.0 Å². The number of benzene rings is 2. The minimum absolute atomic E-state index is 1.22. The van der Waals surface area contributed by atoms with Crippen LogP contribution in [0.1, 0.15) is 20.9 Å². The molecule has 0 aliphatic carbocycles. The van der Waals surface area contributed by atoms with Gasteiger partial charge in [-0.1, -0.05) is 72.8 Å². The van der Waals surface area contributed by atoms with Crippen molar-refractivity contribution in [2.45, 2.75) is 0 Å². The van der Waals surface area contributed by atoms with Crippen LogP contribution in [0.15, 0.2) is 133 Å². The number of rotatable bonds is 9. The summed E-state index contributed by atoms with van der Waals surface area (Å²) in [6.45, 7) is 0. The van der Waals surface area contributed by atoms with E-state index < -0.39 is 0 Å². The first kappa shape index (κ1) is 29.5. The van der Waals surface area contributed by atoms with Crippen LogP contribution in [-0.2, 0) is 0 Å². The Morgan fingerprint density at radius 2 is 0.500 bits per heavy atom. The minimum atomic E-state index is 1.22. The Morgan fingerprint density at radius 1 is 0.239 bits per heavy atom. The molecule has 0 fully saturated rings. The molecule has 0 unspecified atom stereocenters. The first-order valence-electron chi connectivity index (χ1n) is 14.8. The summed E-state index contributed by atoms with van der Waals surface area (Å²) in [6.07, 6.45) is 8.78. The van der Waals surface area contributed by atoms with Gasteiger partial charge in [-0.3, -0.25) is 0 Å². The molecule has 6 aromatic heterocycles. The smallest absolute Gasteiger partial charge is 0.0449 e.